The topological polar surface area (TPSA) is 27.0 Å². The first-order valence-electron chi connectivity index (χ1n) is 11.0. The van der Waals surface area contributed by atoms with E-state index >= 15 is 0 Å². The summed E-state index contributed by atoms with van der Waals surface area (Å²) < 4.78 is 0. The number of halogens is 1. The first kappa shape index (κ1) is 21.9. The molecule has 0 spiro atoms. The van der Waals surface area contributed by atoms with Gasteiger partial charge in [-0.15, -0.1) is 0 Å². The maximum absolute atomic E-state index is 10.4. The van der Waals surface area contributed by atoms with E-state index in [0.29, 0.717) is 12.0 Å². The zero-order valence-corrected chi connectivity index (χ0v) is 18.5. The van der Waals surface area contributed by atoms with Crippen LogP contribution in [0.3, 0.4) is 0 Å². The Morgan fingerprint density at radius 2 is 1.72 bits per heavy atom. The molecule has 1 aliphatic carbocycles. The quantitative estimate of drug-likeness (QED) is 0.470. The highest BCUT2D eigenvalue weighted by atomic mass is 35.5. The van der Waals surface area contributed by atoms with Crippen LogP contribution in [0.1, 0.15) is 63.0 Å². The molecule has 0 bridgehead atoms. The van der Waals surface area contributed by atoms with E-state index in [2.05, 4.69) is 67.4 Å². The zero-order chi connectivity index (χ0) is 20.7. The molecular weight excluding hydrogens is 376 g/mol. The van der Waals surface area contributed by atoms with Gasteiger partial charge in [0.2, 0.25) is 0 Å². The molecule has 0 saturated heterocycles. The van der Waals surface area contributed by atoms with Gasteiger partial charge in [0, 0.05) is 17.6 Å². The molecule has 1 aliphatic rings. The first-order valence-corrected chi connectivity index (χ1v) is 11.3. The van der Waals surface area contributed by atoms with Gasteiger partial charge in [0.05, 0.1) is 11.5 Å². The van der Waals surface area contributed by atoms with Crippen LogP contribution < -0.4 is 0 Å². The van der Waals surface area contributed by atoms with Gasteiger partial charge < -0.3 is 0 Å². The van der Waals surface area contributed by atoms with E-state index in [0.717, 1.165) is 42.8 Å². The second-order valence-corrected chi connectivity index (χ2v) is 9.15. The number of nitriles is 1. The van der Waals surface area contributed by atoms with Gasteiger partial charge in [-0.3, -0.25) is 4.90 Å². The summed E-state index contributed by atoms with van der Waals surface area (Å²) in [6, 6.07) is 21.9. The number of benzene rings is 2. The minimum Gasteiger partial charge on any atom is -0.299 e. The van der Waals surface area contributed by atoms with Crippen molar-refractivity contribution in [3.8, 4) is 6.07 Å². The molecule has 0 radical (unpaired) electrons. The average molecular weight is 409 g/mol. The molecule has 0 aromatic heterocycles. The fourth-order valence-corrected chi connectivity index (χ4v) is 4.95. The molecule has 154 valence electrons. The van der Waals surface area contributed by atoms with Crippen LogP contribution in [-0.4, -0.2) is 18.0 Å². The van der Waals surface area contributed by atoms with Gasteiger partial charge in [0.15, 0.2) is 0 Å². The van der Waals surface area contributed by atoms with Gasteiger partial charge in [-0.1, -0.05) is 73.3 Å². The Kier molecular flexibility index (Phi) is 7.76. The molecule has 2 atom stereocenters. The lowest BCUT2D eigenvalue weighted by Gasteiger charge is -2.39. The monoisotopic (exact) mass is 408 g/mol. The molecular formula is C26H33ClN2. The van der Waals surface area contributed by atoms with Gasteiger partial charge in [0.1, 0.15) is 0 Å². The van der Waals surface area contributed by atoms with Crippen molar-refractivity contribution in [3.63, 3.8) is 0 Å². The van der Waals surface area contributed by atoms with Gasteiger partial charge in [-0.2, -0.15) is 5.26 Å². The summed E-state index contributed by atoms with van der Waals surface area (Å²) in [6.07, 6.45) is 8.01. The normalized spacial score (nSPS) is 18.2. The lowest BCUT2D eigenvalue weighted by atomic mass is 9.63. The first-order chi connectivity index (χ1) is 14.0. The van der Waals surface area contributed by atoms with E-state index in [9.17, 15) is 5.26 Å². The average Bonchev–Trinajstić information content (AvgIpc) is 2.76. The van der Waals surface area contributed by atoms with Crippen molar-refractivity contribution >= 4 is 11.6 Å². The second-order valence-electron chi connectivity index (χ2n) is 8.71. The third-order valence-corrected chi connectivity index (χ3v) is 7.10. The number of hydrogen-bond acceptors (Lipinski definition) is 2. The van der Waals surface area contributed by atoms with Crippen LogP contribution in [-0.2, 0) is 12.0 Å². The van der Waals surface area contributed by atoms with Crippen LogP contribution in [0.5, 0.6) is 0 Å². The summed E-state index contributed by atoms with van der Waals surface area (Å²) in [6.45, 7) is 3.22. The highest BCUT2D eigenvalue weighted by molar-refractivity contribution is 6.30. The van der Waals surface area contributed by atoms with E-state index in [1.807, 2.05) is 12.1 Å². The van der Waals surface area contributed by atoms with Crippen molar-refractivity contribution in [1.82, 2.24) is 4.90 Å². The van der Waals surface area contributed by atoms with Crippen molar-refractivity contribution in [2.45, 2.75) is 69.9 Å². The van der Waals surface area contributed by atoms with E-state index in [4.69, 9.17) is 11.6 Å². The molecule has 29 heavy (non-hydrogen) atoms. The Hall–Kier alpha value is -1.82. The Morgan fingerprint density at radius 1 is 1.07 bits per heavy atom. The van der Waals surface area contributed by atoms with Gasteiger partial charge in [-0.05, 0) is 68.8 Å². The highest BCUT2D eigenvalue weighted by Gasteiger charge is 2.41. The Bertz CT molecular complexity index is 790. The molecule has 0 N–H and O–H groups in total. The summed E-state index contributed by atoms with van der Waals surface area (Å²) in [7, 11) is 2.19. The molecule has 0 heterocycles. The standard InChI is InChI=1S/C26H33ClN2/c1-21(29(2)19-22-9-5-3-6-10-22)17-18-26(20-28,23-11-7-4-8-12-23)24-13-15-25(27)16-14-24/h3,5-6,9-10,13-16,21,23H,4,7-8,11-12,17-19H2,1-2H3. The van der Waals surface area contributed by atoms with Crippen LogP contribution in [0.25, 0.3) is 0 Å². The molecule has 0 amide bonds. The third-order valence-electron chi connectivity index (χ3n) is 6.84. The van der Waals surface area contributed by atoms with E-state index in [-0.39, 0.29) is 0 Å². The fourth-order valence-electron chi connectivity index (χ4n) is 4.82. The molecule has 1 fully saturated rings. The molecule has 2 nitrogen and oxygen atoms in total. The SMILES string of the molecule is CC(CCC(C#N)(c1ccc(Cl)cc1)C1CCCCC1)N(C)Cc1ccccc1. The highest BCUT2D eigenvalue weighted by Crippen LogP contribution is 2.44. The fraction of sp³-hybridized carbons (Fsp3) is 0.500. The summed E-state index contributed by atoms with van der Waals surface area (Å²) >= 11 is 6.15. The zero-order valence-electron chi connectivity index (χ0n) is 17.8. The third kappa shape index (κ3) is 5.41. The number of nitrogens with zero attached hydrogens (tertiary/aromatic N) is 2. The predicted octanol–water partition coefficient (Wildman–Crippen LogP) is 6.98. The Labute approximate surface area is 181 Å². The van der Waals surface area contributed by atoms with Crippen LogP contribution >= 0.6 is 11.6 Å². The van der Waals surface area contributed by atoms with Gasteiger partial charge >= 0.3 is 0 Å². The van der Waals surface area contributed by atoms with E-state index < -0.39 is 5.41 Å². The second kappa shape index (κ2) is 10.3. The summed E-state index contributed by atoms with van der Waals surface area (Å²) in [5, 5.41) is 11.2. The summed E-state index contributed by atoms with van der Waals surface area (Å²) in [5.41, 5.74) is 2.07. The summed E-state index contributed by atoms with van der Waals surface area (Å²) in [4.78, 5) is 2.40. The van der Waals surface area contributed by atoms with Crippen molar-refractivity contribution in [3.05, 3.63) is 70.7 Å². The molecule has 2 unspecified atom stereocenters. The van der Waals surface area contributed by atoms with E-state index in [1.165, 1.54) is 24.8 Å². The van der Waals surface area contributed by atoms with E-state index in [1.54, 1.807) is 0 Å². The molecule has 3 heteroatoms. The van der Waals surface area contributed by atoms with Crippen molar-refractivity contribution < 1.29 is 0 Å². The smallest absolute Gasteiger partial charge is 0.0851 e. The summed E-state index contributed by atoms with van der Waals surface area (Å²) in [5.74, 6) is 0.439. The van der Waals surface area contributed by atoms with Crippen molar-refractivity contribution in [1.29, 1.82) is 5.26 Å². The molecule has 0 aliphatic heterocycles. The minimum atomic E-state index is -0.410. The molecule has 1 saturated carbocycles. The van der Waals surface area contributed by atoms with Crippen LogP contribution in [0.2, 0.25) is 5.02 Å². The van der Waals surface area contributed by atoms with Crippen molar-refractivity contribution in [2.24, 2.45) is 5.92 Å². The maximum atomic E-state index is 10.4. The number of hydrogen-bond donors (Lipinski definition) is 0. The largest absolute Gasteiger partial charge is 0.299 e. The van der Waals surface area contributed by atoms with Crippen LogP contribution in [0.4, 0.5) is 0 Å². The molecule has 3 rings (SSSR count). The van der Waals surface area contributed by atoms with Crippen LogP contribution in [0.15, 0.2) is 54.6 Å². The van der Waals surface area contributed by atoms with Crippen LogP contribution in [0, 0.1) is 17.2 Å². The number of rotatable bonds is 8. The maximum Gasteiger partial charge on any atom is 0.0851 e. The lowest BCUT2D eigenvalue weighted by molar-refractivity contribution is 0.192. The predicted molar refractivity (Wildman–Crippen MR) is 122 cm³/mol. The van der Waals surface area contributed by atoms with Gasteiger partial charge in [0.25, 0.3) is 0 Å². The minimum absolute atomic E-state index is 0.410. The Balaban J connectivity index is 1.75. The molecule has 2 aromatic carbocycles. The van der Waals surface area contributed by atoms with Gasteiger partial charge in [-0.25, -0.2) is 0 Å². The Morgan fingerprint density at radius 3 is 2.34 bits per heavy atom. The molecule has 2 aromatic rings. The lowest BCUT2D eigenvalue weighted by Crippen LogP contribution is -2.38. The van der Waals surface area contributed by atoms with Crippen molar-refractivity contribution in [2.75, 3.05) is 7.05 Å².